The van der Waals surface area contributed by atoms with Crippen LogP contribution in [0.25, 0.3) is 0 Å². The van der Waals surface area contributed by atoms with Crippen LogP contribution >= 0.6 is 0 Å². The molecule has 0 saturated heterocycles. The van der Waals surface area contributed by atoms with E-state index in [4.69, 9.17) is 13.6 Å². The van der Waals surface area contributed by atoms with Gasteiger partial charge in [0.1, 0.15) is 0 Å². The number of hydrogen-bond acceptors (Lipinski definition) is 4. The second kappa shape index (κ2) is 2.10. The third-order valence-electron chi connectivity index (χ3n) is 0. The van der Waals surface area contributed by atoms with Gasteiger partial charge in [0.25, 0.3) is 0 Å². The summed E-state index contributed by atoms with van der Waals surface area (Å²) in [6.07, 6.45) is 0. The summed E-state index contributed by atoms with van der Waals surface area (Å²) in [6, 6.07) is 0. The first-order valence-corrected chi connectivity index (χ1v) is 3.94. The first-order chi connectivity index (χ1) is 2.00. The van der Waals surface area contributed by atoms with Crippen molar-refractivity contribution in [1.29, 1.82) is 0 Å². The molecule has 0 saturated carbocycles. The van der Waals surface area contributed by atoms with Gasteiger partial charge in [0.2, 0.25) is 0 Å². The minimum absolute atomic E-state index is 0. The van der Waals surface area contributed by atoms with Crippen LogP contribution in [0.3, 0.4) is 0 Å². The Morgan fingerprint density at radius 2 is 0.833 bits per heavy atom. The summed E-state index contributed by atoms with van der Waals surface area (Å²) in [5.74, 6) is 0. The van der Waals surface area contributed by atoms with Crippen molar-refractivity contribution in [1.82, 2.24) is 0 Å². The molecular weight excluding hydrogens is 176 g/mol. The molecular formula is H2MoO5. The van der Waals surface area contributed by atoms with E-state index < -0.39 is 15.9 Å². The van der Waals surface area contributed by atoms with Crippen molar-refractivity contribution in [3.63, 3.8) is 0 Å². The molecule has 0 atom stereocenters. The van der Waals surface area contributed by atoms with Gasteiger partial charge in [-0.15, -0.1) is 0 Å². The van der Waals surface area contributed by atoms with Crippen molar-refractivity contribution >= 4 is 0 Å². The molecule has 0 aromatic heterocycles. The summed E-state index contributed by atoms with van der Waals surface area (Å²) < 4.78 is 34.5. The average Bonchev–Trinajstić information content (AvgIpc) is 0.722. The molecule has 0 unspecified atom stereocenters. The summed E-state index contributed by atoms with van der Waals surface area (Å²) >= 11 is -6.02. The first kappa shape index (κ1) is 9.28. The third-order valence-corrected chi connectivity index (χ3v) is 0. The van der Waals surface area contributed by atoms with Crippen molar-refractivity contribution in [2.24, 2.45) is 0 Å². The molecule has 0 bridgehead atoms. The molecule has 0 rings (SSSR count). The third kappa shape index (κ3) is 1360. The van der Waals surface area contributed by atoms with Gasteiger partial charge in [-0.3, -0.25) is 0 Å². The van der Waals surface area contributed by atoms with E-state index in [1.807, 2.05) is 0 Å². The van der Waals surface area contributed by atoms with Gasteiger partial charge < -0.3 is 5.48 Å². The monoisotopic (exact) mass is 180 g/mol. The average molecular weight is 178 g/mol. The van der Waals surface area contributed by atoms with Crippen LogP contribution in [0, 0.1) is 0 Å². The zero-order chi connectivity index (χ0) is 4.50. The van der Waals surface area contributed by atoms with Crippen LogP contribution in [0.2, 0.25) is 0 Å². The van der Waals surface area contributed by atoms with Crippen molar-refractivity contribution in [3.8, 4) is 0 Å². The molecule has 0 radical (unpaired) electrons. The Balaban J connectivity index is 0. The molecule has 0 aromatic carbocycles. The Bertz CT molecular complexity index is 155. The van der Waals surface area contributed by atoms with Gasteiger partial charge in [-0.25, -0.2) is 0 Å². The quantitative estimate of drug-likeness (QED) is 0.430. The van der Waals surface area contributed by atoms with Crippen LogP contribution in [-0.4, -0.2) is 5.48 Å². The van der Waals surface area contributed by atoms with Crippen molar-refractivity contribution in [2.45, 2.75) is 0 Å². The Morgan fingerprint density at radius 1 is 0.833 bits per heavy atom. The van der Waals surface area contributed by atoms with E-state index in [0.717, 1.165) is 0 Å². The van der Waals surface area contributed by atoms with E-state index >= 15 is 0 Å². The van der Waals surface area contributed by atoms with E-state index in [1.165, 1.54) is 0 Å². The summed E-state index contributed by atoms with van der Waals surface area (Å²) in [5, 5.41) is 0. The molecule has 0 aliphatic carbocycles. The molecule has 5 nitrogen and oxygen atoms in total. The van der Waals surface area contributed by atoms with E-state index in [9.17, 15) is 0 Å². The van der Waals surface area contributed by atoms with E-state index in [2.05, 4.69) is 0 Å². The fourth-order valence-electron chi connectivity index (χ4n) is 0. The Labute approximate surface area is 35.7 Å². The minimum atomic E-state index is -6.02. The van der Waals surface area contributed by atoms with Gasteiger partial charge in [0, 0.05) is 0 Å². The van der Waals surface area contributed by atoms with Gasteiger partial charge in [-0.05, 0) is 0 Å². The predicted molar refractivity (Wildman–Crippen MR) is 6.36 cm³/mol. The van der Waals surface area contributed by atoms with Gasteiger partial charge in [-0.1, -0.05) is 0 Å². The maximum atomic E-state index is 8.63. The molecule has 0 aliphatic heterocycles. The van der Waals surface area contributed by atoms with Crippen LogP contribution in [0.1, 0.15) is 0 Å². The maximum absolute atomic E-state index is 8.63. The van der Waals surface area contributed by atoms with Crippen molar-refractivity contribution in [3.05, 3.63) is 0 Å². The normalized spacial score (nSPS) is 6.67. The fraction of sp³-hybridized carbons (Fsp3) is 0. The Morgan fingerprint density at radius 3 is 0.833 bits per heavy atom. The van der Waals surface area contributed by atoms with Crippen LogP contribution in [0.4, 0.5) is 0 Å². The SMILES string of the molecule is O.[O]=[Mo](=[O])(=[O])=[O]. The number of hydrogen-bond donors (Lipinski definition) is 0. The molecule has 38 valence electrons. The second-order valence-electron chi connectivity index (χ2n) is 0.408. The molecule has 0 aliphatic rings. The first-order valence-electron chi connectivity index (χ1n) is 0.667. The molecule has 0 aromatic rings. The Hall–Kier alpha value is -0.152. The zero-order valence-electron chi connectivity index (χ0n) is 2.54. The molecule has 6 heteroatoms. The summed E-state index contributed by atoms with van der Waals surface area (Å²) in [5.41, 5.74) is 0. The van der Waals surface area contributed by atoms with Gasteiger partial charge in [0.05, 0.1) is 0 Å². The van der Waals surface area contributed by atoms with E-state index in [-0.39, 0.29) is 5.48 Å². The fourth-order valence-corrected chi connectivity index (χ4v) is 0. The second-order valence-corrected chi connectivity index (χ2v) is 2.42. The Kier molecular flexibility index (Phi) is 3.25. The topological polar surface area (TPSA) is 99.8 Å². The zero-order valence-corrected chi connectivity index (χ0v) is 4.55. The van der Waals surface area contributed by atoms with E-state index in [0.29, 0.717) is 0 Å². The predicted octanol–water partition coefficient (Wildman–Crippen LogP) is -1.30. The van der Waals surface area contributed by atoms with Crippen LogP contribution < -0.4 is 0 Å². The van der Waals surface area contributed by atoms with Gasteiger partial charge in [-0.2, -0.15) is 0 Å². The molecule has 2 N–H and O–H groups in total. The van der Waals surface area contributed by atoms with Gasteiger partial charge >= 0.3 is 29.5 Å². The van der Waals surface area contributed by atoms with E-state index in [1.54, 1.807) is 0 Å². The summed E-state index contributed by atoms with van der Waals surface area (Å²) in [7, 11) is 0. The molecule has 0 heterocycles. The summed E-state index contributed by atoms with van der Waals surface area (Å²) in [6.45, 7) is 0. The molecule has 0 fully saturated rings. The van der Waals surface area contributed by atoms with Crippen LogP contribution in [-0.2, 0) is 29.5 Å². The standard InChI is InChI=1S/Mo.H2O.4O/h;1H2;;;;. The number of rotatable bonds is 0. The van der Waals surface area contributed by atoms with Crippen LogP contribution in [0.5, 0.6) is 0 Å². The summed E-state index contributed by atoms with van der Waals surface area (Å²) in [4.78, 5) is 0. The van der Waals surface area contributed by atoms with Crippen LogP contribution in [0.15, 0.2) is 0 Å². The van der Waals surface area contributed by atoms with Gasteiger partial charge in [0.15, 0.2) is 0 Å². The molecule has 6 heavy (non-hydrogen) atoms. The van der Waals surface area contributed by atoms with Crippen molar-refractivity contribution < 1.29 is 35.0 Å². The molecule has 0 amide bonds. The molecule has 0 spiro atoms. The van der Waals surface area contributed by atoms with Crippen molar-refractivity contribution in [2.75, 3.05) is 0 Å².